The molecule has 7 nitrogen and oxygen atoms in total. The molecule has 164 valence electrons. The van der Waals surface area contributed by atoms with Gasteiger partial charge >= 0.3 is 0 Å². The largest absolute Gasteiger partial charge is 0.383 e. The fraction of sp³-hybridized carbons (Fsp3) is 0.542. The molecule has 0 radical (unpaired) electrons. The van der Waals surface area contributed by atoms with Crippen molar-refractivity contribution < 1.29 is 4.74 Å². The maximum atomic E-state index is 13.3. The summed E-state index contributed by atoms with van der Waals surface area (Å²) in [4.78, 5) is 20.8. The van der Waals surface area contributed by atoms with Gasteiger partial charge in [-0.2, -0.15) is 5.10 Å². The molecule has 2 aliphatic rings. The van der Waals surface area contributed by atoms with Crippen molar-refractivity contribution in [3.63, 3.8) is 0 Å². The van der Waals surface area contributed by atoms with Crippen LogP contribution in [0.4, 0.5) is 0 Å². The first-order valence-corrected chi connectivity index (χ1v) is 11.4. The Hall–Kier alpha value is -2.51. The molecule has 1 fully saturated rings. The van der Waals surface area contributed by atoms with Gasteiger partial charge in [-0.15, -0.1) is 0 Å². The first kappa shape index (κ1) is 20.4. The van der Waals surface area contributed by atoms with E-state index in [2.05, 4.69) is 16.6 Å². The van der Waals surface area contributed by atoms with Gasteiger partial charge in [-0.25, -0.2) is 4.98 Å². The number of methoxy groups -OCH3 is 1. The number of likely N-dealkylation sites (tertiary alicyclic amines) is 1. The van der Waals surface area contributed by atoms with Crippen molar-refractivity contribution in [2.45, 2.75) is 57.7 Å². The third kappa shape index (κ3) is 3.70. The van der Waals surface area contributed by atoms with Crippen LogP contribution in [0.1, 0.15) is 54.5 Å². The van der Waals surface area contributed by atoms with E-state index in [9.17, 15) is 4.79 Å². The summed E-state index contributed by atoms with van der Waals surface area (Å²) < 4.78 is 9.23. The topological polar surface area (TPSA) is 65.2 Å². The number of benzene rings is 1. The molecule has 0 bridgehead atoms. The highest BCUT2D eigenvalue weighted by Gasteiger charge is 2.32. The monoisotopic (exact) mass is 421 g/mol. The normalized spacial score (nSPS) is 19.2. The number of nitrogens with zero attached hydrogens (tertiary/aromatic N) is 5. The van der Waals surface area contributed by atoms with Gasteiger partial charge in [-0.1, -0.05) is 12.1 Å². The fourth-order valence-corrected chi connectivity index (χ4v) is 5.28. The van der Waals surface area contributed by atoms with Crippen LogP contribution in [-0.4, -0.2) is 44.5 Å². The molecule has 31 heavy (non-hydrogen) atoms. The Bertz CT molecular complexity index is 1150. The second-order valence-corrected chi connectivity index (χ2v) is 8.77. The standard InChI is InChI=1S/C24H31N5O2/c1-27-22(17-8-3-6-11-20(17)26-27)16-28-13-7-12-21(28)23-25-19-10-5-4-9-18(19)24(30)29(23)14-15-31-2/h4-5,9-10,21H,3,6-8,11-16H2,1-2H3. The van der Waals surface area contributed by atoms with E-state index >= 15 is 0 Å². The lowest BCUT2D eigenvalue weighted by molar-refractivity contribution is 0.178. The number of ether oxygens (including phenoxy) is 1. The first-order chi connectivity index (χ1) is 15.2. The zero-order valence-corrected chi connectivity index (χ0v) is 18.5. The molecule has 0 spiro atoms. The summed E-state index contributed by atoms with van der Waals surface area (Å²) in [6.45, 7) is 2.89. The molecule has 1 unspecified atom stereocenters. The van der Waals surface area contributed by atoms with Gasteiger partial charge in [-0.05, 0) is 62.8 Å². The van der Waals surface area contributed by atoms with E-state index < -0.39 is 0 Å². The minimum Gasteiger partial charge on any atom is -0.383 e. The summed E-state index contributed by atoms with van der Waals surface area (Å²) in [7, 11) is 3.74. The van der Waals surface area contributed by atoms with Gasteiger partial charge in [0.2, 0.25) is 0 Å². The zero-order chi connectivity index (χ0) is 21.4. The Kier molecular flexibility index (Phi) is 5.63. The van der Waals surface area contributed by atoms with Crippen LogP contribution in [0.2, 0.25) is 0 Å². The predicted molar refractivity (Wildman–Crippen MR) is 120 cm³/mol. The van der Waals surface area contributed by atoms with Gasteiger partial charge in [-0.3, -0.25) is 18.9 Å². The summed E-state index contributed by atoms with van der Waals surface area (Å²) >= 11 is 0. The van der Waals surface area contributed by atoms with Gasteiger partial charge < -0.3 is 4.74 Å². The SMILES string of the molecule is COCCn1c(C2CCCN2Cc2c3c(nn2C)CCCC3)nc2ccccc2c1=O. The number of para-hydroxylation sites is 1. The second-order valence-electron chi connectivity index (χ2n) is 8.77. The highest BCUT2D eigenvalue weighted by molar-refractivity contribution is 5.77. The molecular formula is C24H31N5O2. The maximum absolute atomic E-state index is 13.3. The molecule has 0 amide bonds. The molecule has 1 aromatic carbocycles. The molecule has 1 atom stereocenters. The van der Waals surface area contributed by atoms with E-state index in [-0.39, 0.29) is 11.6 Å². The van der Waals surface area contributed by atoms with Crippen LogP contribution in [0.15, 0.2) is 29.1 Å². The van der Waals surface area contributed by atoms with Crippen LogP contribution in [-0.2, 0) is 37.7 Å². The predicted octanol–water partition coefficient (Wildman–Crippen LogP) is 2.99. The molecule has 1 saturated heterocycles. The number of rotatable bonds is 6. The van der Waals surface area contributed by atoms with Crippen molar-refractivity contribution in [2.24, 2.45) is 7.05 Å². The smallest absolute Gasteiger partial charge is 0.261 e. The van der Waals surface area contributed by atoms with Gasteiger partial charge in [0.1, 0.15) is 5.82 Å². The summed E-state index contributed by atoms with van der Waals surface area (Å²) in [5.74, 6) is 0.870. The highest BCUT2D eigenvalue weighted by Crippen LogP contribution is 2.34. The highest BCUT2D eigenvalue weighted by atomic mass is 16.5. The third-order valence-corrected chi connectivity index (χ3v) is 6.87. The molecule has 0 N–H and O–H groups in total. The molecule has 1 aliphatic carbocycles. The van der Waals surface area contributed by atoms with Crippen molar-refractivity contribution in [1.82, 2.24) is 24.2 Å². The van der Waals surface area contributed by atoms with Gasteiger partial charge in [0.25, 0.3) is 5.56 Å². The molecule has 3 heterocycles. The third-order valence-electron chi connectivity index (χ3n) is 6.87. The molecule has 7 heteroatoms. The van der Waals surface area contributed by atoms with Crippen LogP contribution in [0.5, 0.6) is 0 Å². The molecule has 1 aliphatic heterocycles. The lowest BCUT2D eigenvalue weighted by Gasteiger charge is -2.27. The number of aryl methyl sites for hydroxylation is 2. The minimum atomic E-state index is 0.0300. The molecule has 0 saturated carbocycles. The van der Waals surface area contributed by atoms with Gasteiger partial charge in [0, 0.05) is 20.7 Å². The average Bonchev–Trinajstić information content (AvgIpc) is 3.37. The van der Waals surface area contributed by atoms with Crippen molar-refractivity contribution >= 4 is 10.9 Å². The van der Waals surface area contributed by atoms with E-state index in [0.29, 0.717) is 18.5 Å². The Morgan fingerprint density at radius 2 is 2.00 bits per heavy atom. The average molecular weight is 422 g/mol. The van der Waals surface area contributed by atoms with Gasteiger partial charge in [0.15, 0.2) is 0 Å². The summed E-state index contributed by atoms with van der Waals surface area (Å²) in [5.41, 5.74) is 4.86. The molecular weight excluding hydrogens is 390 g/mol. The van der Waals surface area contributed by atoms with Crippen molar-refractivity contribution in [3.8, 4) is 0 Å². The Balaban J connectivity index is 1.53. The Morgan fingerprint density at radius 3 is 2.87 bits per heavy atom. The number of hydrogen-bond donors (Lipinski definition) is 0. The first-order valence-electron chi connectivity index (χ1n) is 11.4. The van der Waals surface area contributed by atoms with Crippen LogP contribution < -0.4 is 5.56 Å². The van der Waals surface area contributed by atoms with Crippen LogP contribution in [0, 0.1) is 0 Å². The van der Waals surface area contributed by atoms with Gasteiger partial charge in [0.05, 0.1) is 41.5 Å². The Labute approximate surface area is 182 Å². The lowest BCUT2D eigenvalue weighted by atomic mass is 9.95. The van der Waals surface area contributed by atoms with Crippen molar-refractivity contribution in [2.75, 3.05) is 20.3 Å². The molecule has 2 aromatic heterocycles. The van der Waals surface area contributed by atoms with E-state index in [1.165, 1.54) is 29.8 Å². The maximum Gasteiger partial charge on any atom is 0.261 e. The summed E-state index contributed by atoms with van der Waals surface area (Å²) in [6.07, 6.45) is 6.83. The van der Waals surface area contributed by atoms with Crippen molar-refractivity contribution in [1.29, 1.82) is 0 Å². The van der Waals surface area contributed by atoms with Crippen LogP contribution in [0.25, 0.3) is 10.9 Å². The number of fused-ring (bicyclic) bond motifs is 2. The second kappa shape index (κ2) is 8.55. The van der Waals surface area contributed by atoms with E-state index in [0.717, 1.165) is 50.1 Å². The number of hydrogen-bond acceptors (Lipinski definition) is 5. The van der Waals surface area contributed by atoms with Crippen molar-refractivity contribution in [3.05, 3.63) is 57.4 Å². The minimum absolute atomic E-state index is 0.0300. The Morgan fingerprint density at radius 1 is 1.16 bits per heavy atom. The van der Waals surface area contributed by atoms with E-state index in [4.69, 9.17) is 14.8 Å². The van der Waals surface area contributed by atoms with E-state index in [1.807, 2.05) is 28.8 Å². The summed E-state index contributed by atoms with van der Waals surface area (Å²) in [5, 5.41) is 5.48. The zero-order valence-electron chi connectivity index (χ0n) is 18.5. The van der Waals surface area contributed by atoms with Crippen LogP contribution in [0.3, 0.4) is 0 Å². The molecule has 5 rings (SSSR count). The summed E-state index contributed by atoms with van der Waals surface area (Å²) in [6, 6.07) is 7.79. The molecule has 3 aromatic rings. The van der Waals surface area contributed by atoms with Crippen LogP contribution >= 0.6 is 0 Å². The fourth-order valence-electron chi connectivity index (χ4n) is 5.28. The quantitative estimate of drug-likeness (QED) is 0.612. The lowest BCUT2D eigenvalue weighted by Crippen LogP contribution is -2.33. The van der Waals surface area contributed by atoms with E-state index in [1.54, 1.807) is 7.11 Å². The number of aromatic nitrogens is 4.